The zero-order valence-corrected chi connectivity index (χ0v) is 11.2. The molecule has 2 rings (SSSR count). The van der Waals surface area contributed by atoms with Gasteiger partial charge in [-0.15, -0.1) is 0 Å². The molecule has 5 nitrogen and oxygen atoms in total. The number of halogens is 1. The normalized spacial score (nSPS) is 17.7. The fourth-order valence-electron chi connectivity index (χ4n) is 2.70. The van der Waals surface area contributed by atoms with Crippen LogP contribution < -0.4 is 5.32 Å². The van der Waals surface area contributed by atoms with E-state index in [1.54, 1.807) is 0 Å². The number of aliphatic hydroxyl groups is 1. The highest BCUT2D eigenvalue weighted by Crippen LogP contribution is 2.36. The fourth-order valence-corrected chi connectivity index (χ4v) is 2.70. The standard InChI is InChI=1S/C14H19FN2O3/c15-11-10(13(19)20)4-7-16-12(11)17-8-14(9-18)5-2-1-3-6-14/h4,7,18H,1-3,5-6,8-9H2,(H,16,17)(H,19,20). The van der Waals surface area contributed by atoms with Gasteiger partial charge in [-0.1, -0.05) is 19.3 Å². The zero-order valence-electron chi connectivity index (χ0n) is 11.2. The van der Waals surface area contributed by atoms with E-state index in [0.29, 0.717) is 6.54 Å². The predicted octanol–water partition coefficient (Wildman–Crippen LogP) is 2.27. The maximum absolute atomic E-state index is 13.9. The van der Waals surface area contributed by atoms with Crippen LogP contribution in [0.3, 0.4) is 0 Å². The van der Waals surface area contributed by atoms with Gasteiger partial charge in [-0.2, -0.15) is 0 Å². The Kier molecular flexibility index (Phi) is 4.54. The van der Waals surface area contributed by atoms with Crippen LogP contribution in [0.15, 0.2) is 12.3 Å². The van der Waals surface area contributed by atoms with Crippen molar-refractivity contribution in [1.82, 2.24) is 4.98 Å². The van der Waals surface area contributed by atoms with Gasteiger partial charge in [0.05, 0.1) is 6.61 Å². The van der Waals surface area contributed by atoms with Crippen LogP contribution in [0.5, 0.6) is 0 Å². The first-order chi connectivity index (χ1) is 9.58. The van der Waals surface area contributed by atoms with Crippen LogP contribution in [-0.4, -0.2) is 34.3 Å². The Hall–Kier alpha value is -1.69. The number of anilines is 1. The molecule has 0 spiro atoms. The van der Waals surface area contributed by atoms with Gasteiger partial charge in [-0.05, 0) is 18.9 Å². The number of carboxylic acid groups (broad SMARTS) is 1. The van der Waals surface area contributed by atoms with Crippen molar-refractivity contribution >= 4 is 11.8 Å². The molecule has 1 aliphatic carbocycles. The largest absolute Gasteiger partial charge is 0.478 e. The molecule has 0 bridgehead atoms. The van der Waals surface area contributed by atoms with Gasteiger partial charge in [0.2, 0.25) is 0 Å². The molecule has 1 aromatic heterocycles. The van der Waals surface area contributed by atoms with Crippen molar-refractivity contribution < 1.29 is 19.4 Å². The third-order valence-corrected chi connectivity index (χ3v) is 4.00. The van der Waals surface area contributed by atoms with Gasteiger partial charge in [0.15, 0.2) is 11.6 Å². The van der Waals surface area contributed by atoms with Gasteiger partial charge in [0.1, 0.15) is 5.56 Å². The molecular weight excluding hydrogens is 263 g/mol. The Labute approximate surface area is 116 Å². The summed E-state index contributed by atoms with van der Waals surface area (Å²) < 4.78 is 13.9. The number of aromatic nitrogens is 1. The van der Waals surface area contributed by atoms with Crippen molar-refractivity contribution in [3.8, 4) is 0 Å². The summed E-state index contributed by atoms with van der Waals surface area (Å²) in [5.74, 6) is -2.24. The molecule has 20 heavy (non-hydrogen) atoms. The minimum Gasteiger partial charge on any atom is -0.478 e. The van der Waals surface area contributed by atoms with Crippen LogP contribution in [0.4, 0.5) is 10.2 Å². The lowest BCUT2D eigenvalue weighted by Crippen LogP contribution is -2.36. The molecule has 1 saturated carbocycles. The molecule has 1 fully saturated rings. The van der Waals surface area contributed by atoms with E-state index >= 15 is 0 Å². The maximum Gasteiger partial charge on any atom is 0.338 e. The second kappa shape index (κ2) is 6.17. The minimum absolute atomic E-state index is 0.0419. The first kappa shape index (κ1) is 14.7. The maximum atomic E-state index is 13.9. The van der Waals surface area contributed by atoms with Crippen molar-refractivity contribution in [2.24, 2.45) is 5.41 Å². The number of carboxylic acids is 1. The van der Waals surface area contributed by atoms with Gasteiger partial charge < -0.3 is 15.5 Å². The minimum atomic E-state index is -1.32. The van der Waals surface area contributed by atoms with Crippen LogP contribution in [0.2, 0.25) is 0 Å². The zero-order chi connectivity index (χ0) is 14.6. The Morgan fingerprint density at radius 2 is 2.10 bits per heavy atom. The summed E-state index contributed by atoms with van der Waals surface area (Å²) in [5, 5.41) is 21.3. The van der Waals surface area contributed by atoms with Crippen molar-refractivity contribution in [2.45, 2.75) is 32.1 Å². The van der Waals surface area contributed by atoms with Crippen LogP contribution >= 0.6 is 0 Å². The second-order valence-electron chi connectivity index (χ2n) is 5.40. The number of aliphatic hydroxyl groups excluding tert-OH is 1. The number of hydrogen-bond acceptors (Lipinski definition) is 4. The number of rotatable bonds is 5. The van der Waals surface area contributed by atoms with Crippen molar-refractivity contribution in [1.29, 1.82) is 0 Å². The molecule has 0 atom stereocenters. The number of nitrogens with one attached hydrogen (secondary N) is 1. The van der Waals surface area contributed by atoms with E-state index in [-0.39, 0.29) is 17.8 Å². The summed E-state index contributed by atoms with van der Waals surface area (Å²) in [6.45, 7) is 0.441. The molecule has 0 aliphatic heterocycles. The highest BCUT2D eigenvalue weighted by Gasteiger charge is 2.31. The molecule has 0 unspecified atom stereocenters. The molecule has 0 saturated heterocycles. The predicted molar refractivity (Wildman–Crippen MR) is 72.2 cm³/mol. The summed E-state index contributed by atoms with van der Waals surface area (Å²) in [5.41, 5.74) is -0.657. The fraction of sp³-hybridized carbons (Fsp3) is 0.571. The third-order valence-electron chi connectivity index (χ3n) is 4.00. The van der Waals surface area contributed by atoms with Gasteiger partial charge in [0, 0.05) is 18.2 Å². The summed E-state index contributed by atoms with van der Waals surface area (Å²) in [6.07, 6.45) is 6.29. The van der Waals surface area contributed by atoms with E-state index < -0.39 is 17.3 Å². The molecule has 0 amide bonds. The summed E-state index contributed by atoms with van der Waals surface area (Å²) in [6, 6.07) is 1.13. The van der Waals surface area contributed by atoms with Crippen molar-refractivity contribution in [2.75, 3.05) is 18.5 Å². The molecule has 1 aliphatic rings. The lowest BCUT2D eigenvalue weighted by molar-refractivity contribution is 0.0691. The Bertz CT molecular complexity index is 487. The number of nitrogens with zero attached hydrogens (tertiary/aromatic N) is 1. The second-order valence-corrected chi connectivity index (χ2v) is 5.40. The quantitative estimate of drug-likeness (QED) is 0.771. The van der Waals surface area contributed by atoms with Crippen LogP contribution in [0.25, 0.3) is 0 Å². The molecule has 0 aromatic carbocycles. The van der Waals surface area contributed by atoms with E-state index in [9.17, 15) is 14.3 Å². The van der Waals surface area contributed by atoms with E-state index in [4.69, 9.17) is 5.11 Å². The number of carbonyl (C=O) groups is 1. The SMILES string of the molecule is O=C(O)c1ccnc(NCC2(CO)CCCCC2)c1F. The number of aromatic carboxylic acids is 1. The Morgan fingerprint density at radius 3 is 2.70 bits per heavy atom. The molecule has 0 radical (unpaired) electrons. The topological polar surface area (TPSA) is 82.5 Å². The van der Waals surface area contributed by atoms with E-state index in [1.807, 2.05) is 0 Å². The van der Waals surface area contributed by atoms with Gasteiger partial charge in [0.25, 0.3) is 0 Å². The van der Waals surface area contributed by atoms with Gasteiger partial charge in [-0.3, -0.25) is 0 Å². The van der Waals surface area contributed by atoms with E-state index in [0.717, 1.165) is 38.2 Å². The lowest BCUT2D eigenvalue weighted by atomic mass is 9.74. The molecule has 1 aromatic rings. The van der Waals surface area contributed by atoms with Gasteiger partial charge >= 0.3 is 5.97 Å². The first-order valence-electron chi connectivity index (χ1n) is 6.80. The number of pyridine rings is 1. The van der Waals surface area contributed by atoms with Gasteiger partial charge in [-0.25, -0.2) is 14.2 Å². The molecule has 6 heteroatoms. The highest BCUT2D eigenvalue weighted by atomic mass is 19.1. The molecule has 110 valence electrons. The van der Waals surface area contributed by atoms with Crippen LogP contribution in [0, 0.1) is 11.2 Å². The van der Waals surface area contributed by atoms with Crippen LogP contribution in [0.1, 0.15) is 42.5 Å². The van der Waals surface area contributed by atoms with E-state index in [1.165, 1.54) is 6.20 Å². The summed E-state index contributed by atoms with van der Waals surface area (Å²) >= 11 is 0. The number of hydrogen-bond donors (Lipinski definition) is 3. The summed E-state index contributed by atoms with van der Waals surface area (Å²) in [4.78, 5) is 14.7. The Morgan fingerprint density at radius 1 is 1.40 bits per heavy atom. The highest BCUT2D eigenvalue weighted by molar-refractivity contribution is 5.88. The molecule has 3 N–H and O–H groups in total. The Balaban J connectivity index is 2.10. The average molecular weight is 282 g/mol. The average Bonchev–Trinajstić information content (AvgIpc) is 2.47. The smallest absolute Gasteiger partial charge is 0.338 e. The third kappa shape index (κ3) is 3.07. The van der Waals surface area contributed by atoms with Crippen molar-refractivity contribution in [3.05, 3.63) is 23.6 Å². The monoisotopic (exact) mass is 282 g/mol. The summed E-state index contributed by atoms with van der Waals surface area (Å²) in [7, 11) is 0. The molecule has 1 heterocycles. The lowest BCUT2D eigenvalue weighted by Gasteiger charge is -2.35. The van der Waals surface area contributed by atoms with Crippen molar-refractivity contribution in [3.63, 3.8) is 0 Å². The van der Waals surface area contributed by atoms with Crippen LogP contribution in [-0.2, 0) is 0 Å². The van der Waals surface area contributed by atoms with E-state index in [2.05, 4.69) is 10.3 Å². The first-order valence-corrected chi connectivity index (χ1v) is 6.80. The molecular formula is C14H19FN2O3.